The number of aliphatic hydroxyl groups is 1. The van der Waals surface area contributed by atoms with E-state index in [1.165, 1.54) is 12.4 Å². The largest absolute Gasteiger partial charge is 0.395 e. The predicted molar refractivity (Wildman–Crippen MR) is 119 cm³/mol. The minimum absolute atomic E-state index is 0.0893. The maximum atomic E-state index is 12.2. The molecule has 7 nitrogen and oxygen atoms in total. The number of aliphatic hydroxyl groups excluding tert-OH is 1. The van der Waals surface area contributed by atoms with E-state index in [0.717, 1.165) is 21.1 Å². The van der Waals surface area contributed by atoms with Gasteiger partial charge >= 0.3 is 0 Å². The lowest BCUT2D eigenvalue weighted by Crippen LogP contribution is -2.22. The number of nitrogens with one attached hydrogen (secondary N) is 2. The van der Waals surface area contributed by atoms with E-state index in [9.17, 15) is 4.79 Å². The van der Waals surface area contributed by atoms with Crippen LogP contribution in [0.25, 0.3) is 10.9 Å². The van der Waals surface area contributed by atoms with Gasteiger partial charge in [-0.3, -0.25) is 4.79 Å². The predicted octanol–water partition coefficient (Wildman–Crippen LogP) is 3.55. The number of anilines is 3. The zero-order valence-electron chi connectivity index (χ0n) is 16.0. The van der Waals surface area contributed by atoms with Crippen LogP contribution in [0.4, 0.5) is 17.2 Å². The van der Waals surface area contributed by atoms with Crippen molar-refractivity contribution in [2.45, 2.75) is 0 Å². The van der Waals surface area contributed by atoms with Gasteiger partial charge in [0.05, 0.1) is 12.1 Å². The van der Waals surface area contributed by atoms with E-state index in [4.69, 9.17) is 5.11 Å². The van der Waals surface area contributed by atoms with E-state index >= 15 is 0 Å². The third-order valence-electron chi connectivity index (χ3n) is 4.16. The fourth-order valence-electron chi connectivity index (χ4n) is 2.72. The van der Waals surface area contributed by atoms with Gasteiger partial charge in [0, 0.05) is 40.4 Å². The second-order valence-corrected chi connectivity index (χ2v) is 7.38. The van der Waals surface area contributed by atoms with Crippen molar-refractivity contribution in [1.82, 2.24) is 14.9 Å². The lowest BCUT2D eigenvalue weighted by molar-refractivity contribution is -0.111. The molecule has 3 N–H and O–H groups in total. The lowest BCUT2D eigenvalue weighted by Gasteiger charge is -2.11. The molecule has 0 aliphatic heterocycles. The van der Waals surface area contributed by atoms with Gasteiger partial charge in [-0.15, -0.1) is 0 Å². The Kier molecular flexibility index (Phi) is 7.29. The molecule has 3 rings (SSSR count). The maximum Gasteiger partial charge on any atom is 0.248 e. The number of aromatic nitrogens is 2. The number of rotatable bonds is 8. The maximum absolute atomic E-state index is 12.2. The second kappa shape index (κ2) is 10.1. The van der Waals surface area contributed by atoms with Crippen LogP contribution in [0.2, 0.25) is 0 Å². The SMILES string of the molecule is CN(C/C=C/C(=O)Nc1ccc2ncnc(Nc3cccc(Br)c3)c2c1)CCO. The van der Waals surface area contributed by atoms with Gasteiger partial charge in [0.2, 0.25) is 5.91 Å². The summed E-state index contributed by atoms with van der Waals surface area (Å²) >= 11 is 3.46. The van der Waals surface area contributed by atoms with Crippen LogP contribution in [-0.2, 0) is 4.79 Å². The second-order valence-electron chi connectivity index (χ2n) is 6.47. The van der Waals surface area contributed by atoms with E-state index < -0.39 is 0 Å². The Labute approximate surface area is 177 Å². The van der Waals surface area contributed by atoms with Crippen molar-refractivity contribution < 1.29 is 9.90 Å². The number of nitrogens with zero attached hydrogens (tertiary/aromatic N) is 3. The molecular weight excluding hydrogens is 434 g/mol. The van der Waals surface area contributed by atoms with Crippen LogP contribution in [-0.4, -0.2) is 52.6 Å². The van der Waals surface area contributed by atoms with Gasteiger partial charge in [-0.05, 0) is 43.4 Å². The molecule has 1 aromatic heterocycles. The molecule has 0 saturated heterocycles. The molecule has 0 bridgehead atoms. The molecule has 29 heavy (non-hydrogen) atoms. The molecule has 0 aliphatic carbocycles. The number of hydrogen-bond acceptors (Lipinski definition) is 6. The molecule has 150 valence electrons. The van der Waals surface area contributed by atoms with E-state index in [-0.39, 0.29) is 12.5 Å². The zero-order valence-corrected chi connectivity index (χ0v) is 17.6. The van der Waals surface area contributed by atoms with Crippen molar-refractivity contribution in [3.63, 3.8) is 0 Å². The van der Waals surface area contributed by atoms with Gasteiger partial charge in [0.1, 0.15) is 12.1 Å². The Hall–Kier alpha value is -2.81. The van der Waals surface area contributed by atoms with Crippen LogP contribution in [0, 0.1) is 0 Å². The monoisotopic (exact) mass is 455 g/mol. The highest BCUT2D eigenvalue weighted by Crippen LogP contribution is 2.26. The molecule has 0 saturated carbocycles. The first-order valence-corrected chi connectivity index (χ1v) is 9.89. The van der Waals surface area contributed by atoms with Crippen LogP contribution in [0.15, 0.2) is 65.4 Å². The summed E-state index contributed by atoms with van der Waals surface area (Å²) in [4.78, 5) is 22.7. The summed E-state index contributed by atoms with van der Waals surface area (Å²) in [5.41, 5.74) is 2.32. The van der Waals surface area contributed by atoms with Crippen LogP contribution < -0.4 is 10.6 Å². The Morgan fingerprint density at radius 3 is 2.86 bits per heavy atom. The van der Waals surface area contributed by atoms with Gasteiger partial charge in [-0.2, -0.15) is 0 Å². The van der Waals surface area contributed by atoms with Crippen LogP contribution in [0.5, 0.6) is 0 Å². The molecule has 0 spiro atoms. The molecule has 0 fully saturated rings. The normalized spacial score (nSPS) is 11.3. The Balaban J connectivity index is 1.75. The van der Waals surface area contributed by atoms with Crippen molar-refractivity contribution in [2.24, 2.45) is 0 Å². The number of halogens is 1. The van der Waals surface area contributed by atoms with Gasteiger partial charge in [-0.25, -0.2) is 9.97 Å². The molecule has 1 amide bonds. The lowest BCUT2D eigenvalue weighted by atomic mass is 10.2. The Bertz CT molecular complexity index is 1020. The number of hydrogen-bond donors (Lipinski definition) is 3. The van der Waals surface area contributed by atoms with Crippen molar-refractivity contribution in [1.29, 1.82) is 0 Å². The average Bonchev–Trinajstić information content (AvgIpc) is 2.69. The fraction of sp³-hybridized carbons (Fsp3) is 0.190. The summed E-state index contributed by atoms with van der Waals surface area (Å²) in [5.74, 6) is 0.436. The standard InChI is InChI=1S/C21H22BrN5O2/c1-27(10-11-28)9-3-6-20(29)25-17-7-8-19-18(13-17)21(24-14-23-19)26-16-5-2-4-15(22)12-16/h2-8,12-14,28H,9-11H2,1H3,(H,25,29)(H,23,24,26)/b6-3+. The molecule has 1 heterocycles. The fourth-order valence-corrected chi connectivity index (χ4v) is 3.12. The molecule has 0 unspecified atom stereocenters. The van der Waals surface area contributed by atoms with E-state index in [1.807, 2.05) is 54.4 Å². The quantitative estimate of drug-likeness (QED) is 0.450. The van der Waals surface area contributed by atoms with Crippen molar-refractivity contribution >= 4 is 49.9 Å². The van der Waals surface area contributed by atoms with Gasteiger partial charge in [-0.1, -0.05) is 28.1 Å². The van der Waals surface area contributed by atoms with Gasteiger partial charge in [0.25, 0.3) is 0 Å². The zero-order chi connectivity index (χ0) is 20.6. The minimum atomic E-state index is -0.222. The van der Waals surface area contributed by atoms with Gasteiger partial charge in [0.15, 0.2) is 0 Å². The molecule has 3 aromatic rings. The third-order valence-corrected chi connectivity index (χ3v) is 4.65. The van der Waals surface area contributed by atoms with E-state index in [0.29, 0.717) is 24.6 Å². The van der Waals surface area contributed by atoms with Crippen molar-refractivity contribution in [2.75, 3.05) is 37.4 Å². The molecule has 0 atom stereocenters. The van der Waals surface area contributed by atoms with Crippen LogP contribution in [0.1, 0.15) is 0 Å². The average molecular weight is 456 g/mol. The number of carbonyl (C=O) groups excluding carboxylic acids is 1. The van der Waals surface area contributed by atoms with Crippen LogP contribution in [0.3, 0.4) is 0 Å². The smallest absolute Gasteiger partial charge is 0.248 e. The van der Waals surface area contributed by atoms with Crippen LogP contribution >= 0.6 is 15.9 Å². The summed E-state index contributed by atoms with van der Waals surface area (Å²) in [6.07, 6.45) is 4.75. The highest BCUT2D eigenvalue weighted by atomic mass is 79.9. The molecular formula is C21H22BrN5O2. The Morgan fingerprint density at radius 1 is 1.21 bits per heavy atom. The van der Waals surface area contributed by atoms with E-state index in [1.54, 1.807) is 6.08 Å². The number of likely N-dealkylation sites (N-methyl/N-ethyl adjacent to an activating group) is 1. The minimum Gasteiger partial charge on any atom is -0.395 e. The van der Waals surface area contributed by atoms with Gasteiger partial charge < -0.3 is 20.6 Å². The highest BCUT2D eigenvalue weighted by Gasteiger charge is 2.07. The number of benzene rings is 2. The summed E-state index contributed by atoms with van der Waals surface area (Å²) in [7, 11) is 1.88. The van der Waals surface area contributed by atoms with E-state index in [2.05, 4.69) is 36.5 Å². The molecule has 0 radical (unpaired) electrons. The first-order valence-electron chi connectivity index (χ1n) is 9.09. The molecule has 2 aromatic carbocycles. The summed E-state index contributed by atoms with van der Waals surface area (Å²) in [6, 6.07) is 13.3. The number of fused-ring (bicyclic) bond motifs is 1. The first kappa shape index (κ1) is 20.9. The molecule has 0 aliphatic rings. The summed E-state index contributed by atoms with van der Waals surface area (Å²) in [6.45, 7) is 1.23. The first-order chi connectivity index (χ1) is 14.0. The van der Waals surface area contributed by atoms with Crippen molar-refractivity contribution in [3.05, 3.63) is 65.4 Å². The third kappa shape index (κ3) is 6.08. The highest BCUT2D eigenvalue weighted by molar-refractivity contribution is 9.10. The number of carbonyl (C=O) groups is 1. The summed E-state index contributed by atoms with van der Waals surface area (Å²) < 4.78 is 0.963. The molecule has 8 heteroatoms. The Morgan fingerprint density at radius 2 is 2.07 bits per heavy atom. The number of amides is 1. The summed E-state index contributed by atoms with van der Waals surface area (Å²) in [5, 5.41) is 15.8. The van der Waals surface area contributed by atoms with Crippen molar-refractivity contribution in [3.8, 4) is 0 Å². The topological polar surface area (TPSA) is 90.4 Å².